The first-order chi connectivity index (χ1) is 13.8. The number of esters is 1. The van der Waals surface area contributed by atoms with Crippen molar-refractivity contribution in [2.45, 2.75) is 31.7 Å². The molecule has 3 N–H and O–H groups in total. The molecule has 0 fully saturated rings. The van der Waals surface area contributed by atoms with Gasteiger partial charge in [0.25, 0.3) is 0 Å². The monoisotopic (exact) mass is 435 g/mol. The molecule has 0 radical (unpaired) electrons. The van der Waals surface area contributed by atoms with Gasteiger partial charge in [0.15, 0.2) is 0 Å². The molecule has 0 aromatic heterocycles. The van der Waals surface area contributed by atoms with E-state index in [0.29, 0.717) is 34.8 Å². The maximum absolute atomic E-state index is 11.9. The lowest BCUT2D eigenvalue weighted by atomic mass is 9.82. The molecular weight excluding hydrogens is 410 g/mol. The Labute approximate surface area is 179 Å². The predicted octanol–water partition coefficient (Wildman–Crippen LogP) is 4.71. The third kappa shape index (κ3) is 5.81. The number of anilines is 2. The van der Waals surface area contributed by atoms with Crippen LogP contribution in [0.2, 0.25) is 5.02 Å². The summed E-state index contributed by atoms with van der Waals surface area (Å²) in [5, 5.41) is 12.0. The minimum atomic E-state index is -1.27. The van der Waals surface area contributed by atoms with Crippen LogP contribution in [0.4, 0.5) is 11.4 Å². The van der Waals surface area contributed by atoms with Crippen LogP contribution in [0.5, 0.6) is 0 Å². The number of carbonyl (C=O) groups is 1. The van der Waals surface area contributed by atoms with Crippen LogP contribution < -0.4 is 10.0 Å². The van der Waals surface area contributed by atoms with Crippen molar-refractivity contribution in [3.63, 3.8) is 0 Å². The van der Waals surface area contributed by atoms with Crippen molar-refractivity contribution in [2.75, 3.05) is 23.4 Å². The van der Waals surface area contributed by atoms with Gasteiger partial charge in [-0.3, -0.25) is 4.79 Å². The van der Waals surface area contributed by atoms with E-state index in [9.17, 15) is 9.00 Å². The summed E-state index contributed by atoms with van der Waals surface area (Å²) >= 11 is 6.07. The van der Waals surface area contributed by atoms with Gasteiger partial charge in [-0.05, 0) is 42.7 Å². The van der Waals surface area contributed by atoms with E-state index < -0.39 is 16.5 Å². The summed E-state index contributed by atoms with van der Waals surface area (Å²) in [5.74, 6) is -0.289. The van der Waals surface area contributed by atoms with Gasteiger partial charge in [0.2, 0.25) is 0 Å². The molecule has 0 heterocycles. The van der Waals surface area contributed by atoms with Crippen LogP contribution in [0.1, 0.15) is 37.3 Å². The topological polar surface area (TPSA) is 91.3 Å². The first-order valence-corrected chi connectivity index (χ1v) is 11.1. The molecule has 6 nitrogen and oxygen atoms in total. The summed E-state index contributed by atoms with van der Waals surface area (Å²) < 4.78 is 19.3. The van der Waals surface area contributed by atoms with Crippen molar-refractivity contribution in [2.24, 2.45) is 0 Å². The van der Waals surface area contributed by atoms with Gasteiger partial charge in [-0.2, -0.15) is 0 Å². The number of benzene rings is 2. The zero-order chi connectivity index (χ0) is 21.4. The van der Waals surface area contributed by atoms with Gasteiger partial charge < -0.3 is 20.2 Å². The largest absolute Gasteiger partial charge is 0.469 e. The zero-order valence-corrected chi connectivity index (χ0v) is 18.3. The Morgan fingerprint density at radius 1 is 1.24 bits per heavy atom. The van der Waals surface area contributed by atoms with Gasteiger partial charge >= 0.3 is 5.97 Å². The van der Waals surface area contributed by atoms with Gasteiger partial charge in [-0.25, -0.2) is 4.21 Å². The Bertz CT molecular complexity index is 889. The highest BCUT2D eigenvalue weighted by Gasteiger charge is 2.32. The lowest BCUT2D eigenvalue weighted by Gasteiger charge is -2.36. The van der Waals surface area contributed by atoms with Crippen LogP contribution >= 0.6 is 11.6 Å². The van der Waals surface area contributed by atoms with E-state index in [1.54, 1.807) is 6.07 Å². The van der Waals surface area contributed by atoms with Gasteiger partial charge in [0.05, 0.1) is 18.3 Å². The van der Waals surface area contributed by atoms with E-state index in [1.165, 1.54) is 19.6 Å². The highest BCUT2D eigenvalue weighted by atomic mass is 35.5. The summed E-state index contributed by atoms with van der Waals surface area (Å²) in [4.78, 5) is 11.9. The second kappa shape index (κ2) is 10.4. The van der Waals surface area contributed by atoms with Crippen molar-refractivity contribution >= 4 is 46.1 Å². The number of carbonyl (C=O) groups excluding carboxylic acids is 1. The highest BCUT2D eigenvalue weighted by Crippen LogP contribution is 2.37. The van der Waals surface area contributed by atoms with Crippen LogP contribution in [0.25, 0.3) is 0 Å². The quantitative estimate of drug-likeness (QED) is 0.372. The number of rotatable bonds is 10. The minimum absolute atomic E-state index is 0.233. The van der Waals surface area contributed by atoms with Crippen molar-refractivity contribution in [3.05, 3.63) is 58.6 Å². The van der Waals surface area contributed by atoms with Crippen molar-refractivity contribution in [1.29, 1.82) is 5.41 Å². The number of hydrogen-bond donors (Lipinski definition) is 3. The van der Waals surface area contributed by atoms with Crippen LogP contribution in [0, 0.1) is 5.41 Å². The summed E-state index contributed by atoms with van der Waals surface area (Å²) in [5.41, 5.74) is 2.28. The van der Waals surface area contributed by atoms with E-state index >= 15 is 0 Å². The molecule has 2 unspecified atom stereocenters. The maximum atomic E-state index is 11.9. The number of hydrogen-bond acceptors (Lipinski definition) is 5. The van der Waals surface area contributed by atoms with E-state index in [1.807, 2.05) is 43.3 Å². The minimum Gasteiger partial charge on any atom is -0.469 e. The normalized spacial score (nSPS) is 13.8. The molecule has 0 aliphatic heterocycles. The Morgan fingerprint density at radius 3 is 2.45 bits per heavy atom. The van der Waals surface area contributed by atoms with E-state index in [0.717, 1.165) is 5.56 Å². The number of methoxy groups -OCH3 is 1. The number of ether oxygens (including phenoxy) is 1. The fourth-order valence-corrected chi connectivity index (χ4v) is 3.88. The Hall–Kier alpha value is -2.38. The fourth-order valence-electron chi connectivity index (χ4n) is 3.27. The Morgan fingerprint density at radius 2 is 1.90 bits per heavy atom. The fraction of sp³-hybridized carbons (Fsp3) is 0.333. The van der Waals surface area contributed by atoms with E-state index in [4.69, 9.17) is 21.7 Å². The molecule has 2 aromatic rings. The molecule has 0 aliphatic rings. The second-order valence-electron chi connectivity index (χ2n) is 6.61. The van der Waals surface area contributed by atoms with Crippen LogP contribution in [-0.4, -0.2) is 29.8 Å². The van der Waals surface area contributed by atoms with E-state index in [2.05, 4.69) is 10.0 Å². The van der Waals surface area contributed by atoms with Crippen molar-refractivity contribution in [3.8, 4) is 0 Å². The standard InChI is InChI=1S/C21H26ClN3O3S/c1-4-21(13-12-20(26)28-2,15-8-10-16(22)11-9-15)24-18-6-5-7-19(17(18)14-23)25-29(3)27/h5-11,14,23-25H,4,12-13H2,1-3H3. The molecule has 2 aromatic carbocycles. The lowest BCUT2D eigenvalue weighted by Crippen LogP contribution is -2.36. The molecule has 0 aliphatic carbocycles. The smallest absolute Gasteiger partial charge is 0.305 e. The van der Waals surface area contributed by atoms with Crippen molar-refractivity contribution < 1.29 is 13.7 Å². The third-order valence-corrected chi connectivity index (χ3v) is 5.62. The van der Waals surface area contributed by atoms with E-state index in [-0.39, 0.29) is 12.4 Å². The second-order valence-corrected chi connectivity index (χ2v) is 8.16. The number of nitrogens with one attached hydrogen (secondary N) is 3. The summed E-state index contributed by atoms with van der Waals surface area (Å²) in [6.07, 6.45) is 4.16. The van der Waals surface area contributed by atoms with Crippen molar-refractivity contribution in [1.82, 2.24) is 0 Å². The lowest BCUT2D eigenvalue weighted by molar-refractivity contribution is -0.141. The van der Waals surface area contributed by atoms with Gasteiger partial charge in [-0.15, -0.1) is 0 Å². The average molecular weight is 436 g/mol. The molecule has 2 rings (SSSR count). The first kappa shape index (κ1) is 22.9. The SMILES string of the molecule is CCC(CCC(=O)OC)(Nc1cccc(NS(C)=O)c1C=N)c1ccc(Cl)cc1. The molecule has 0 amide bonds. The molecule has 0 saturated heterocycles. The maximum Gasteiger partial charge on any atom is 0.305 e. The highest BCUT2D eigenvalue weighted by molar-refractivity contribution is 7.85. The molecule has 8 heteroatoms. The molecular formula is C21H26ClN3O3S. The summed E-state index contributed by atoms with van der Waals surface area (Å²) in [6, 6.07) is 13.0. The molecule has 0 saturated carbocycles. The third-order valence-electron chi connectivity index (χ3n) is 4.86. The van der Waals surface area contributed by atoms with Crippen LogP contribution in [-0.2, 0) is 26.1 Å². The summed E-state index contributed by atoms with van der Waals surface area (Å²) in [6.45, 7) is 2.03. The molecule has 0 spiro atoms. The van der Waals surface area contributed by atoms with Crippen LogP contribution in [0.3, 0.4) is 0 Å². The zero-order valence-electron chi connectivity index (χ0n) is 16.8. The average Bonchev–Trinajstić information content (AvgIpc) is 2.71. The summed E-state index contributed by atoms with van der Waals surface area (Å²) in [7, 11) is 0.106. The van der Waals surface area contributed by atoms with Gasteiger partial charge in [-0.1, -0.05) is 36.7 Å². The molecule has 2 atom stereocenters. The van der Waals surface area contributed by atoms with Crippen LogP contribution in [0.15, 0.2) is 42.5 Å². The molecule has 29 heavy (non-hydrogen) atoms. The number of halogens is 1. The Kier molecular flexibility index (Phi) is 8.22. The Balaban J connectivity index is 2.51. The molecule has 156 valence electrons. The first-order valence-electron chi connectivity index (χ1n) is 9.20. The van der Waals surface area contributed by atoms with Gasteiger partial charge in [0, 0.05) is 35.2 Å². The van der Waals surface area contributed by atoms with Gasteiger partial charge in [0.1, 0.15) is 11.0 Å². The molecule has 0 bridgehead atoms. The predicted molar refractivity (Wildman–Crippen MR) is 120 cm³/mol.